The molecule has 1 heterocycles. The van der Waals surface area contributed by atoms with E-state index in [0.29, 0.717) is 12.8 Å². The van der Waals surface area contributed by atoms with Gasteiger partial charge in [0.2, 0.25) is 0 Å². The van der Waals surface area contributed by atoms with Gasteiger partial charge < -0.3 is 15.8 Å². The first-order valence-electron chi connectivity index (χ1n) is 4.56. The van der Waals surface area contributed by atoms with Gasteiger partial charge in [-0.1, -0.05) is 0 Å². The first kappa shape index (κ1) is 10.7. The van der Waals surface area contributed by atoms with Crippen molar-refractivity contribution in [2.24, 2.45) is 5.73 Å². The van der Waals surface area contributed by atoms with Crippen LogP contribution in [0.3, 0.4) is 0 Å². The fourth-order valence-corrected chi connectivity index (χ4v) is 1.27. The average molecular weight is 197 g/mol. The van der Waals surface area contributed by atoms with Crippen LogP contribution in [0, 0.1) is 6.92 Å². The number of aryl methyl sites for hydroxylation is 1. The van der Waals surface area contributed by atoms with Crippen LogP contribution in [0.1, 0.15) is 24.4 Å². The van der Waals surface area contributed by atoms with Gasteiger partial charge in [0.25, 0.3) is 0 Å². The molecule has 1 atom stereocenters. The zero-order chi connectivity index (χ0) is 10.6. The number of nitrogens with one attached hydrogen (secondary N) is 1. The van der Waals surface area contributed by atoms with Gasteiger partial charge in [0.1, 0.15) is 5.82 Å². The number of hydrogen-bond acceptors (Lipinski definition) is 3. The Morgan fingerprint density at radius 3 is 3.00 bits per heavy atom. The molecule has 1 unspecified atom stereocenters. The first-order valence-corrected chi connectivity index (χ1v) is 4.56. The third kappa shape index (κ3) is 3.57. The van der Waals surface area contributed by atoms with Gasteiger partial charge in [0.05, 0.1) is 0 Å². The van der Waals surface area contributed by atoms with Gasteiger partial charge in [0.15, 0.2) is 0 Å². The lowest BCUT2D eigenvalue weighted by atomic mass is 10.1. The van der Waals surface area contributed by atoms with E-state index < -0.39 is 5.97 Å². The number of aromatic nitrogens is 2. The maximum atomic E-state index is 10.3. The van der Waals surface area contributed by atoms with Crippen LogP contribution in [-0.4, -0.2) is 27.1 Å². The van der Waals surface area contributed by atoms with Gasteiger partial charge in [-0.05, 0) is 13.3 Å². The van der Waals surface area contributed by atoms with Crippen LogP contribution in [0.2, 0.25) is 0 Å². The molecule has 0 saturated carbocycles. The summed E-state index contributed by atoms with van der Waals surface area (Å²) in [6.07, 6.45) is 2.99. The van der Waals surface area contributed by atoms with E-state index >= 15 is 0 Å². The van der Waals surface area contributed by atoms with Crippen LogP contribution in [0.4, 0.5) is 0 Å². The van der Waals surface area contributed by atoms with Gasteiger partial charge in [-0.2, -0.15) is 0 Å². The van der Waals surface area contributed by atoms with Crippen LogP contribution in [0.25, 0.3) is 0 Å². The number of hydrogen-bond donors (Lipinski definition) is 3. The highest BCUT2D eigenvalue weighted by molar-refractivity contribution is 5.66. The second kappa shape index (κ2) is 4.76. The molecule has 0 aliphatic carbocycles. The Labute approximate surface area is 82.3 Å². The maximum absolute atomic E-state index is 10.3. The van der Waals surface area contributed by atoms with Crippen LogP contribution >= 0.6 is 0 Å². The summed E-state index contributed by atoms with van der Waals surface area (Å²) in [7, 11) is 0. The number of aliphatic carboxylic acids is 1. The minimum Gasteiger partial charge on any atom is -0.481 e. The zero-order valence-corrected chi connectivity index (χ0v) is 8.16. The molecular formula is C9H15N3O2. The molecule has 0 aliphatic rings. The number of carboxylic acid groups (broad SMARTS) is 1. The summed E-state index contributed by atoms with van der Waals surface area (Å²) in [5, 5.41) is 8.46. The monoisotopic (exact) mass is 197 g/mol. The number of carboxylic acids is 1. The highest BCUT2D eigenvalue weighted by atomic mass is 16.4. The van der Waals surface area contributed by atoms with Crippen LogP contribution in [0.15, 0.2) is 6.20 Å². The molecule has 0 saturated heterocycles. The molecule has 5 heteroatoms. The smallest absolute Gasteiger partial charge is 0.303 e. The molecule has 1 rings (SSSR count). The van der Waals surface area contributed by atoms with Crippen molar-refractivity contribution in [1.29, 1.82) is 0 Å². The van der Waals surface area contributed by atoms with Crippen molar-refractivity contribution in [1.82, 2.24) is 9.97 Å². The van der Waals surface area contributed by atoms with E-state index in [2.05, 4.69) is 9.97 Å². The van der Waals surface area contributed by atoms with Crippen LogP contribution in [-0.2, 0) is 11.2 Å². The van der Waals surface area contributed by atoms with Gasteiger partial charge in [-0.25, -0.2) is 4.98 Å². The van der Waals surface area contributed by atoms with Crippen molar-refractivity contribution >= 4 is 5.97 Å². The molecule has 78 valence electrons. The Bertz CT molecular complexity index is 309. The van der Waals surface area contributed by atoms with Crippen molar-refractivity contribution in [2.75, 3.05) is 0 Å². The lowest BCUT2D eigenvalue weighted by molar-refractivity contribution is -0.137. The predicted octanol–water partition coefficient (Wildman–Crippen LogP) is 0.453. The Morgan fingerprint density at radius 1 is 1.79 bits per heavy atom. The molecule has 0 aromatic carbocycles. The minimum absolute atomic E-state index is 0.119. The van der Waals surface area contributed by atoms with E-state index in [-0.39, 0.29) is 12.5 Å². The minimum atomic E-state index is -0.804. The van der Waals surface area contributed by atoms with Gasteiger partial charge in [0, 0.05) is 30.8 Å². The second-order valence-corrected chi connectivity index (χ2v) is 3.39. The molecule has 14 heavy (non-hydrogen) atoms. The highest BCUT2D eigenvalue weighted by Gasteiger charge is 2.08. The molecule has 0 bridgehead atoms. The number of nitrogens with two attached hydrogens (primary N) is 1. The van der Waals surface area contributed by atoms with Crippen molar-refractivity contribution in [2.45, 2.75) is 32.2 Å². The van der Waals surface area contributed by atoms with E-state index in [1.807, 2.05) is 6.92 Å². The van der Waals surface area contributed by atoms with E-state index in [9.17, 15) is 4.79 Å². The summed E-state index contributed by atoms with van der Waals surface area (Å²) in [6.45, 7) is 1.87. The number of rotatable bonds is 5. The molecule has 0 spiro atoms. The molecule has 1 aromatic heterocycles. The molecule has 1 aromatic rings. The number of H-pyrrole nitrogens is 1. The van der Waals surface area contributed by atoms with Gasteiger partial charge in [-0.3, -0.25) is 4.79 Å². The maximum Gasteiger partial charge on any atom is 0.303 e. The molecule has 0 radical (unpaired) electrons. The standard InChI is InChI=1S/C9H15N3O2/c1-6-11-5-8(12-6)4-7(10)2-3-9(13)14/h5,7H,2-4,10H2,1H3,(H,11,12)(H,13,14). The lowest BCUT2D eigenvalue weighted by Crippen LogP contribution is -2.23. The van der Waals surface area contributed by atoms with E-state index in [4.69, 9.17) is 10.8 Å². The molecule has 5 nitrogen and oxygen atoms in total. The summed E-state index contributed by atoms with van der Waals surface area (Å²) in [5.41, 5.74) is 6.71. The molecule has 0 fully saturated rings. The fraction of sp³-hybridized carbons (Fsp3) is 0.556. The van der Waals surface area contributed by atoms with Crippen LogP contribution < -0.4 is 5.73 Å². The molecule has 0 amide bonds. The van der Waals surface area contributed by atoms with Gasteiger partial charge in [-0.15, -0.1) is 0 Å². The van der Waals surface area contributed by atoms with Crippen molar-refractivity contribution in [3.05, 3.63) is 17.7 Å². The fourth-order valence-electron chi connectivity index (χ4n) is 1.27. The first-order chi connectivity index (χ1) is 6.58. The molecular weight excluding hydrogens is 182 g/mol. The second-order valence-electron chi connectivity index (χ2n) is 3.39. The predicted molar refractivity (Wildman–Crippen MR) is 51.9 cm³/mol. The number of nitrogens with zero attached hydrogens (tertiary/aromatic N) is 1. The molecule has 0 aliphatic heterocycles. The average Bonchev–Trinajstić information content (AvgIpc) is 2.48. The van der Waals surface area contributed by atoms with Crippen molar-refractivity contribution in [3.8, 4) is 0 Å². The normalized spacial score (nSPS) is 12.7. The van der Waals surface area contributed by atoms with Crippen LogP contribution in [0.5, 0.6) is 0 Å². The third-order valence-electron chi connectivity index (χ3n) is 1.97. The quantitative estimate of drug-likeness (QED) is 0.639. The number of carbonyl (C=O) groups is 1. The number of imidazole rings is 1. The Morgan fingerprint density at radius 2 is 2.50 bits per heavy atom. The lowest BCUT2D eigenvalue weighted by Gasteiger charge is -2.07. The van der Waals surface area contributed by atoms with Crippen molar-refractivity contribution in [3.63, 3.8) is 0 Å². The zero-order valence-electron chi connectivity index (χ0n) is 8.16. The summed E-state index contributed by atoms with van der Waals surface area (Å²) >= 11 is 0. The largest absolute Gasteiger partial charge is 0.481 e. The van der Waals surface area contributed by atoms with E-state index in [0.717, 1.165) is 11.5 Å². The number of aromatic amines is 1. The summed E-state index contributed by atoms with van der Waals surface area (Å²) < 4.78 is 0. The van der Waals surface area contributed by atoms with Crippen molar-refractivity contribution < 1.29 is 9.90 Å². The molecule has 4 N–H and O–H groups in total. The van der Waals surface area contributed by atoms with E-state index in [1.54, 1.807) is 6.20 Å². The SMILES string of the molecule is Cc1ncc(CC(N)CCC(=O)O)[nH]1. The Balaban J connectivity index is 2.33. The topological polar surface area (TPSA) is 92.0 Å². The third-order valence-corrected chi connectivity index (χ3v) is 1.97. The summed E-state index contributed by atoms with van der Waals surface area (Å²) in [4.78, 5) is 17.4. The van der Waals surface area contributed by atoms with E-state index in [1.165, 1.54) is 0 Å². The Kier molecular flexibility index (Phi) is 3.64. The van der Waals surface area contributed by atoms with Gasteiger partial charge >= 0.3 is 5.97 Å². The highest BCUT2D eigenvalue weighted by Crippen LogP contribution is 2.03. The summed E-state index contributed by atoms with van der Waals surface area (Å²) in [5.74, 6) is 0.0478. The summed E-state index contributed by atoms with van der Waals surface area (Å²) in [6, 6.07) is -0.119. The Hall–Kier alpha value is -1.36.